The highest BCUT2D eigenvalue weighted by atomic mass is 16.5. The quantitative estimate of drug-likeness (QED) is 0.797. The minimum absolute atomic E-state index is 0.458. The molecule has 0 atom stereocenters. The van der Waals surface area contributed by atoms with Gasteiger partial charge in [-0.1, -0.05) is 25.1 Å². The standard InChI is InChI=1S/C16H26N2O/c1-16(8-11-18(2)12-9-16)14-17-10-13-19-15-6-4-3-5-7-15/h3-7,17H,8-14H2,1-2H3. The number of hydrogen-bond donors (Lipinski definition) is 1. The summed E-state index contributed by atoms with van der Waals surface area (Å²) in [6.07, 6.45) is 2.58. The summed E-state index contributed by atoms with van der Waals surface area (Å²) in [5.41, 5.74) is 0.458. The Morgan fingerprint density at radius 1 is 1.21 bits per heavy atom. The predicted octanol–water partition coefficient (Wildman–Crippen LogP) is 2.39. The molecule has 1 heterocycles. The van der Waals surface area contributed by atoms with Crippen molar-refractivity contribution in [3.05, 3.63) is 30.3 Å². The van der Waals surface area contributed by atoms with Gasteiger partial charge in [-0.2, -0.15) is 0 Å². The summed E-state index contributed by atoms with van der Waals surface area (Å²) >= 11 is 0. The van der Waals surface area contributed by atoms with Crippen molar-refractivity contribution < 1.29 is 4.74 Å². The van der Waals surface area contributed by atoms with Crippen molar-refractivity contribution in [2.45, 2.75) is 19.8 Å². The summed E-state index contributed by atoms with van der Waals surface area (Å²) in [4.78, 5) is 2.42. The van der Waals surface area contributed by atoms with E-state index in [9.17, 15) is 0 Å². The van der Waals surface area contributed by atoms with Crippen molar-refractivity contribution in [3.63, 3.8) is 0 Å². The maximum atomic E-state index is 5.67. The highest BCUT2D eigenvalue weighted by Crippen LogP contribution is 2.29. The molecule has 1 aromatic carbocycles. The molecule has 1 aliphatic rings. The van der Waals surface area contributed by atoms with Gasteiger partial charge in [0, 0.05) is 13.1 Å². The van der Waals surface area contributed by atoms with E-state index < -0.39 is 0 Å². The van der Waals surface area contributed by atoms with E-state index in [1.807, 2.05) is 30.3 Å². The number of nitrogens with one attached hydrogen (secondary N) is 1. The van der Waals surface area contributed by atoms with Crippen LogP contribution in [-0.4, -0.2) is 44.7 Å². The Kier molecular flexibility index (Phi) is 5.23. The van der Waals surface area contributed by atoms with Gasteiger partial charge in [0.1, 0.15) is 12.4 Å². The molecule has 0 amide bonds. The molecule has 1 aliphatic heterocycles. The molecule has 0 saturated carbocycles. The number of rotatable bonds is 6. The van der Waals surface area contributed by atoms with E-state index in [1.165, 1.54) is 25.9 Å². The van der Waals surface area contributed by atoms with Crippen LogP contribution >= 0.6 is 0 Å². The summed E-state index contributed by atoms with van der Waals surface area (Å²) in [5.74, 6) is 0.954. The van der Waals surface area contributed by atoms with E-state index in [-0.39, 0.29) is 0 Å². The van der Waals surface area contributed by atoms with Crippen LogP contribution in [-0.2, 0) is 0 Å². The molecule has 19 heavy (non-hydrogen) atoms. The fourth-order valence-electron chi connectivity index (χ4n) is 2.48. The normalized spacial score (nSPS) is 19.3. The van der Waals surface area contributed by atoms with Gasteiger partial charge in [-0.05, 0) is 50.5 Å². The summed E-state index contributed by atoms with van der Waals surface area (Å²) in [5, 5.41) is 3.54. The average molecular weight is 262 g/mol. The molecule has 1 aromatic rings. The molecule has 0 bridgehead atoms. The Labute approximate surface area is 116 Å². The lowest BCUT2D eigenvalue weighted by Gasteiger charge is -2.38. The van der Waals surface area contributed by atoms with Crippen LogP contribution in [0.25, 0.3) is 0 Å². The third-order valence-electron chi connectivity index (χ3n) is 4.04. The predicted molar refractivity (Wildman–Crippen MR) is 79.6 cm³/mol. The van der Waals surface area contributed by atoms with Crippen LogP contribution in [0.1, 0.15) is 19.8 Å². The second-order valence-corrected chi connectivity index (χ2v) is 5.95. The largest absolute Gasteiger partial charge is 0.492 e. The molecule has 0 unspecified atom stereocenters. The molecule has 1 fully saturated rings. The van der Waals surface area contributed by atoms with E-state index in [0.29, 0.717) is 5.41 Å². The topological polar surface area (TPSA) is 24.5 Å². The molecule has 3 nitrogen and oxygen atoms in total. The fraction of sp³-hybridized carbons (Fsp3) is 0.625. The number of likely N-dealkylation sites (tertiary alicyclic amines) is 1. The fourth-order valence-corrected chi connectivity index (χ4v) is 2.48. The van der Waals surface area contributed by atoms with Crippen molar-refractivity contribution in [1.29, 1.82) is 0 Å². The number of hydrogen-bond acceptors (Lipinski definition) is 3. The molecule has 0 aromatic heterocycles. The third-order valence-corrected chi connectivity index (χ3v) is 4.04. The number of piperidine rings is 1. The molecule has 0 radical (unpaired) electrons. The molecule has 0 spiro atoms. The Hall–Kier alpha value is -1.06. The zero-order chi connectivity index (χ0) is 13.6. The van der Waals surface area contributed by atoms with Gasteiger partial charge >= 0.3 is 0 Å². The van der Waals surface area contributed by atoms with Gasteiger partial charge in [-0.15, -0.1) is 0 Å². The molecular formula is C16H26N2O. The Bertz CT molecular complexity index is 358. The molecular weight excluding hydrogens is 236 g/mol. The van der Waals surface area contributed by atoms with E-state index in [0.717, 1.165) is 25.4 Å². The lowest BCUT2D eigenvalue weighted by molar-refractivity contribution is 0.135. The van der Waals surface area contributed by atoms with Crippen LogP contribution in [0.2, 0.25) is 0 Å². The number of para-hydroxylation sites is 1. The van der Waals surface area contributed by atoms with Crippen molar-refractivity contribution in [1.82, 2.24) is 10.2 Å². The van der Waals surface area contributed by atoms with Crippen LogP contribution in [0.4, 0.5) is 0 Å². The van der Waals surface area contributed by atoms with Crippen LogP contribution in [0.15, 0.2) is 30.3 Å². The Morgan fingerprint density at radius 3 is 2.58 bits per heavy atom. The van der Waals surface area contributed by atoms with Crippen molar-refractivity contribution in [3.8, 4) is 5.75 Å². The second kappa shape index (κ2) is 6.92. The van der Waals surface area contributed by atoms with E-state index in [2.05, 4.69) is 24.2 Å². The zero-order valence-electron chi connectivity index (χ0n) is 12.2. The number of benzene rings is 1. The lowest BCUT2D eigenvalue weighted by Crippen LogP contribution is -2.42. The highest BCUT2D eigenvalue weighted by molar-refractivity contribution is 5.20. The molecule has 2 rings (SSSR count). The van der Waals surface area contributed by atoms with Gasteiger partial charge in [-0.25, -0.2) is 0 Å². The van der Waals surface area contributed by atoms with Gasteiger partial charge in [0.15, 0.2) is 0 Å². The van der Waals surface area contributed by atoms with E-state index in [4.69, 9.17) is 4.74 Å². The lowest BCUT2D eigenvalue weighted by atomic mass is 9.80. The van der Waals surface area contributed by atoms with Crippen molar-refractivity contribution >= 4 is 0 Å². The summed E-state index contributed by atoms with van der Waals surface area (Å²) in [7, 11) is 2.21. The van der Waals surface area contributed by atoms with E-state index in [1.54, 1.807) is 0 Å². The minimum Gasteiger partial charge on any atom is -0.492 e. The first kappa shape index (κ1) is 14.4. The number of ether oxygens (including phenoxy) is 1. The summed E-state index contributed by atoms with van der Waals surface area (Å²) < 4.78 is 5.67. The minimum atomic E-state index is 0.458. The molecule has 1 N–H and O–H groups in total. The third kappa shape index (κ3) is 4.84. The van der Waals surface area contributed by atoms with E-state index >= 15 is 0 Å². The van der Waals surface area contributed by atoms with Crippen molar-refractivity contribution in [2.24, 2.45) is 5.41 Å². The van der Waals surface area contributed by atoms with Gasteiger partial charge in [-0.3, -0.25) is 0 Å². The second-order valence-electron chi connectivity index (χ2n) is 5.95. The Morgan fingerprint density at radius 2 is 1.89 bits per heavy atom. The first-order valence-electron chi connectivity index (χ1n) is 7.25. The average Bonchev–Trinajstić information content (AvgIpc) is 2.43. The molecule has 1 saturated heterocycles. The number of nitrogens with zero attached hydrogens (tertiary/aromatic N) is 1. The van der Waals surface area contributed by atoms with Gasteiger partial charge in [0.25, 0.3) is 0 Å². The maximum absolute atomic E-state index is 5.67. The van der Waals surface area contributed by atoms with Crippen LogP contribution in [0.3, 0.4) is 0 Å². The van der Waals surface area contributed by atoms with Gasteiger partial charge in [0.05, 0.1) is 0 Å². The monoisotopic (exact) mass is 262 g/mol. The SMILES string of the molecule is CN1CCC(C)(CNCCOc2ccccc2)CC1. The van der Waals surface area contributed by atoms with Crippen LogP contribution in [0, 0.1) is 5.41 Å². The molecule has 3 heteroatoms. The van der Waals surface area contributed by atoms with Crippen LogP contribution in [0.5, 0.6) is 5.75 Å². The van der Waals surface area contributed by atoms with Crippen molar-refractivity contribution in [2.75, 3.05) is 39.8 Å². The smallest absolute Gasteiger partial charge is 0.119 e. The first-order chi connectivity index (χ1) is 9.18. The summed E-state index contributed by atoms with van der Waals surface area (Å²) in [6.45, 7) is 7.59. The summed E-state index contributed by atoms with van der Waals surface area (Å²) in [6, 6.07) is 10.0. The zero-order valence-corrected chi connectivity index (χ0v) is 12.2. The first-order valence-corrected chi connectivity index (χ1v) is 7.25. The van der Waals surface area contributed by atoms with Crippen LogP contribution < -0.4 is 10.1 Å². The Balaban J connectivity index is 1.59. The van der Waals surface area contributed by atoms with Gasteiger partial charge < -0.3 is 15.0 Å². The molecule has 106 valence electrons. The highest BCUT2D eigenvalue weighted by Gasteiger charge is 2.28. The maximum Gasteiger partial charge on any atom is 0.119 e. The molecule has 0 aliphatic carbocycles. The van der Waals surface area contributed by atoms with Gasteiger partial charge in [0.2, 0.25) is 0 Å².